The van der Waals surface area contributed by atoms with Crippen molar-refractivity contribution in [3.8, 4) is 16.1 Å². The predicted molar refractivity (Wildman–Crippen MR) is 94.5 cm³/mol. The van der Waals surface area contributed by atoms with Crippen molar-refractivity contribution >= 4 is 17.3 Å². The smallest absolute Gasteiger partial charge is 0.341 e. The Bertz CT molecular complexity index is 811. The Kier molecular flexibility index (Phi) is 4.35. The number of hydrogen-bond acceptors (Lipinski definition) is 3. The van der Waals surface area contributed by atoms with E-state index in [9.17, 15) is 4.79 Å². The summed E-state index contributed by atoms with van der Waals surface area (Å²) in [6, 6.07) is 14.1. The van der Waals surface area contributed by atoms with Gasteiger partial charge in [0.2, 0.25) is 0 Å². The zero-order chi connectivity index (χ0) is 16.4. The van der Waals surface area contributed by atoms with E-state index in [0.29, 0.717) is 12.2 Å². The van der Waals surface area contributed by atoms with Gasteiger partial charge in [0.25, 0.3) is 0 Å². The van der Waals surface area contributed by atoms with Gasteiger partial charge in [-0.15, -0.1) is 11.3 Å². The first-order chi connectivity index (χ1) is 11.1. The van der Waals surface area contributed by atoms with Gasteiger partial charge in [0.1, 0.15) is 10.6 Å². The molecule has 0 spiro atoms. The van der Waals surface area contributed by atoms with Crippen molar-refractivity contribution in [2.45, 2.75) is 20.8 Å². The first-order valence-corrected chi connectivity index (χ1v) is 8.50. The number of carbonyl (C=O) groups is 1. The Morgan fingerprint density at radius 3 is 2.35 bits per heavy atom. The molecule has 3 nitrogen and oxygen atoms in total. The lowest BCUT2D eigenvalue weighted by atomic mass is 10.0. The van der Waals surface area contributed by atoms with Gasteiger partial charge in [0.05, 0.1) is 6.61 Å². The summed E-state index contributed by atoms with van der Waals surface area (Å²) < 4.78 is 7.44. The summed E-state index contributed by atoms with van der Waals surface area (Å²) in [5, 5.41) is 2.96. The highest BCUT2D eigenvalue weighted by molar-refractivity contribution is 7.13. The van der Waals surface area contributed by atoms with Crippen LogP contribution in [0.25, 0.3) is 16.1 Å². The molecule has 0 saturated carbocycles. The third kappa shape index (κ3) is 2.82. The lowest BCUT2D eigenvalue weighted by Gasteiger charge is -2.11. The van der Waals surface area contributed by atoms with E-state index in [1.165, 1.54) is 0 Å². The van der Waals surface area contributed by atoms with Crippen molar-refractivity contribution in [1.29, 1.82) is 0 Å². The van der Waals surface area contributed by atoms with Crippen LogP contribution in [0.2, 0.25) is 0 Å². The van der Waals surface area contributed by atoms with Gasteiger partial charge in [0, 0.05) is 22.3 Å². The summed E-state index contributed by atoms with van der Waals surface area (Å²) in [6.07, 6.45) is 0. The first-order valence-electron chi connectivity index (χ1n) is 7.62. The highest BCUT2D eigenvalue weighted by Gasteiger charge is 2.23. The topological polar surface area (TPSA) is 31.2 Å². The van der Waals surface area contributed by atoms with Crippen molar-refractivity contribution in [3.63, 3.8) is 0 Å². The molecule has 118 valence electrons. The Balaban J connectivity index is 2.22. The SMILES string of the molecule is CCOC(=O)c1c(-c2ccccc2)csc1-n1c(C)ccc1C. The van der Waals surface area contributed by atoms with Crippen LogP contribution in [0, 0.1) is 13.8 Å². The van der Waals surface area contributed by atoms with E-state index in [1.807, 2.05) is 56.5 Å². The first kappa shape index (κ1) is 15.6. The quantitative estimate of drug-likeness (QED) is 0.632. The van der Waals surface area contributed by atoms with Crippen LogP contribution in [0.5, 0.6) is 0 Å². The number of carbonyl (C=O) groups excluding carboxylic acids is 1. The van der Waals surface area contributed by atoms with Gasteiger partial charge in [-0.3, -0.25) is 0 Å². The maximum Gasteiger partial charge on any atom is 0.341 e. The lowest BCUT2D eigenvalue weighted by molar-refractivity contribution is 0.0528. The average Bonchev–Trinajstić information content (AvgIpc) is 3.12. The lowest BCUT2D eigenvalue weighted by Crippen LogP contribution is -2.10. The second kappa shape index (κ2) is 6.42. The summed E-state index contributed by atoms with van der Waals surface area (Å²) in [5.41, 5.74) is 4.81. The molecule has 0 aliphatic carbocycles. The number of ether oxygens (including phenoxy) is 1. The van der Waals surface area contributed by atoms with Crippen LogP contribution >= 0.6 is 11.3 Å². The van der Waals surface area contributed by atoms with Crippen LogP contribution in [0.1, 0.15) is 28.7 Å². The van der Waals surface area contributed by atoms with Gasteiger partial charge in [-0.2, -0.15) is 0 Å². The van der Waals surface area contributed by atoms with Crippen molar-refractivity contribution in [2.75, 3.05) is 6.61 Å². The van der Waals surface area contributed by atoms with Crippen molar-refractivity contribution < 1.29 is 9.53 Å². The van der Waals surface area contributed by atoms with Crippen LogP contribution in [0.3, 0.4) is 0 Å². The number of esters is 1. The van der Waals surface area contributed by atoms with Crippen molar-refractivity contribution in [1.82, 2.24) is 4.57 Å². The summed E-state index contributed by atoms with van der Waals surface area (Å²) in [5.74, 6) is -0.268. The molecule has 3 aromatic rings. The van der Waals surface area contributed by atoms with Gasteiger partial charge >= 0.3 is 5.97 Å². The Labute approximate surface area is 140 Å². The van der Waals surface area contributed by atoms with Crippen LogP contribution in [-0.2, 0) is 4.74 Å². The second-order valence-electron chi connectivity index (χ2n) is 5.37. The molecule has 0 atom stereocenters. The van der Waals surface area contributed by atoms with E-state index in [-0.39, 0.29) is 5.97 Å². The molecular weight excluding hydrogens is 306 g/mol. The van der Waals surface area contributed by atoms with Gasteiger partial charge in [-0.05, 0) is 38.5 Å². The Morgan fingerprint density at radius 1 is 1.09 bits per heavy atom. The van der Waals surface area contributed by atoms with E-state index in [1.54, 1.807) is 11.3 Å². The summed E-state index contributed by atoms with van der Waals surface area (Å²) in [6.45, 7) is 6.29. The van der Waals surface area contributed by atoms with Gasteiger partial charge in [0.15, 0.2) is 0 Å². The van der Waals surface area contributed by atoms with E-state index >= 15 is 0 Å². The highest BCUT2D eigenvalue weighted by Crippen LogP contribution is 2.36. The third-order valence-electron chi connectivity index (χ3n) is 3.81. The predicted octanol–water partition coefficient (Wildman–Crippen LogP) is 5.00. The summed E-state index contributed by atoms with van der Waals surface area (Å²) in [7, 11) is 0. The number of aryl methyl sites for hydroxylation is 2. The fourth-order valence-corrected chi connectivity index (χ4v) is 3.92. The minimum atomic E-state index is -0.268. The number of rotatable bonds is 4. The molecule has 1 aromatic carbocycles. The van der Waals surface area contributed by atoms with Crippen molar-refractivity contribution in [2.24, 2.45) is 0 Å². The van der Waals surface area contributed by atoms with Crippen LogP contribution in [0.4, 0.5) is 0 Å². The molecule has 0 bridgehead atoms. The summed E-state index contributed by atoms with van der Waals surface area (Å²) in [4.78, 5) is 12.6. The molecule has 3 rings (SSSR count). The van der Waals surface area contributed by atoms with Gasteiger partial charge < -0.3 is 9.30 Å². The van der Waals surface area contributed by atoms with E-state index in [4.69, 9.17) is 4.74 Å². The molecule has 0 radical (unpaired) electrons. The molecule has 2 aromatic heterocycles. The number of benzene rings is 1. The second-order valence-corrected chi connectivity index (χ2v) is 6.23. The zero-order valence-electron chi connectivity index (χ0n) is 13.5. The maximum absolute atomic E-state index is 12.6. The van der Waals surface area contributed by atoms with Gasteiger partial charge in [-0.1, -0.05) is 30.3 Å². The fourth-order valence-electron chi connectivity index (χ4n) is 2.73. The van der Waals surface area contributed by atoms with Gasteiger partial charge in [-0.25, -0.2) is 4.79 Å². The Morgan fingerprint density at radius 2 is 1.74 bits per heavy atom. The van der Waals surface area contributed by atoms with E-state index < -0.39 is 0 Å². The average molecular weight is 325 g/mol. The molecule has 0 fully saturated rings. The monoisotopic (exact) mass is 325 g/mol. The van der Waals surface area contributed by atoms with Crippen molar-refractivity contribution in [3.05, 3.63) is 64.8 Å². The number of aromatic nitrogens is 1. The largest absolute Gasteiger partial charge is 0.462 e. The van der Waals surface area contributed by atoms with Crippen LogP contribution < -0.4 is 0 Å². The molecule has 0 amide bonds. The standard InChI is InChI=1S/C19H19NO2S/c1-4-22-19(21)17-16(15-8-6-5-7-9-15)12-23-18(17)20-13(2)10-11-14(20)3/h5-12H,4H2,1-3H3. The molecule has 23 heavy (non-hydrogen) atoms. The number of hydrogen-bond donors (Lipinski definition) is 0. The van der Waals surface area contributed by atoms with Crippen LogP contribution in [0.15, 0.2) is 47.8 Å². The highest BCUT2D eigenvalue weighted by atomic mass is 32.1. The molecular formula is C19H19NO2S. The van der Waals surface area contributed by atoms with Crippen LogP contribution in [-0.4, -0.2) is 17.1 Å². The molecule has 4 heteroatoms. The molecule has 2 heterocycles. The normalized spacial score (nSPS) is 10.7. The number of thiophene rings is 1. The molecule has 0 saturated heterocycles. The molecule has 0 aliphatic rings. The molecule has 0 unspecified atom stereocenters. The maximum atomic E-state index is 12.6. The summed E-state index contributed by atoms with van der Waals surface area (Å²) >= 11 is 1.57. The Hall–Kier alpha value is -2.33. The third-order valence-corrected chi connectivity index (χ3v) is 4.77. The zero-order valence-corrected chi connectivity index (χ0v) is 14.3. The number of nitrogens with zero attached hydrogens (tertiary/aromatic N) is 1. The van der Waals surface area contributed by atoms with E-state index in [0.717, 1.165) is 27.5 Å². The van der Waals surface area contributed by atoms with E-state index in [2.05, 4.69) is 16.7 Å². The minimum Gasteiger partial charge on any atom is -0.462 e. The molecule has 0 aliphatic heterocycles. The minimum absolute atomic E-state index is 0.268. The fraction of sp³-hybridized carbons (Fsp3) is 0.211. The molecule has 0 N–H and O–H groups in total.